The molecule has 2 aromatic rings. The number of carbonyl (C=O) groups is 3. The molecule has 0 spiro atoms. The lowest BCUT2D eigenvalue weighted by Gasteiger charge is -2.40. The zero-order valence-corrected chi connectivity index (χ0v) is 23.9. The summed E-state index contributed by atoms with van der Waals surface area (Å²) in [5.74, 6) is -0.308. The quantitative estimate of drug-likeness (QED) is 0.301. The second kappa shape index (κ2) is 14.0. The zero-order valence-electron chi connectivity index (χ0n) is 23.9. The molecule has 0 radical (unpaired) electrons. The van der Waals surface area contributed by atoms with Crippen molar-refractivity contribution in [2.45, 2.75) is 58.2 Å². The van der Waals surface area contributed by atoms with Gasteiger partial charge in [-0.15, -0.1) is 0 Å². The number of aromatic nitrogens is 2. The average Bonchev–Trinajstić information content (AvgIpc) is 3.33. The molecule has 40 heavy (non-hydrogen) atoms. The summed E-state index contributed by atoms with van der Waals surface area (Å²) in [6.45, 7) is 7.69. The monoisotopic (exact) mass is 557 g/mol. The van der Waals surface area contributed by atoms with E-state index in [1.54, 1.807) is 12.0 Å². The number of fused-ring (bicyclic) bond motifs is 1. The smallest absolute Gasteiger partial charge is 0.407 e. The molecule has 0 bridgehead atoms. The van der Waals surface area contributed by atoms with Gasteiger partial charge in [-0.1, -0.05) is 26.0 Å². The number of nitrogens with zero attached hydrogens (tertiary/aromatic N) is 4. The Morgan fingerprint density at radius 2 is 1.85 bits per heavy atom. The molecule has 11 heteroatoms. The van der Waals surface area contributed by atoms with E-state index in [4.69, 9.17) is 14.5 Å². The SMILES string of the molecule is COCCCCCn1c(C(=O)C(N[C@H]2C[C@@H](C(=O)N3CCOCC3)CN(C(=O)O)C2)C(C)C)nc2ccccc21. The number of ketones is 1. The van der Waals surface area contributed by atoms with Crippen LogP contribution in [0.5, 0.6) is 0 Å². The number of methoxy groups -OCH3 is 1. The van der Waals surface area contributed by atoms with E-state index in [1.807, 2.05) is 42.7 Å². The van der Waals surface area contributed by atoms with Crippen molar-refractivity contribution in [3.63, 3.8) is 0 Å². The Bertz CT molecular complexity index is 1160. The molecular weight excluding hydrogens is 514 g/mol. The van der Waals surface area contributed by atoms with Crippen molar-refractivity contribution in [2.75, 3.05) is 53.1 Å². The van der Waals surface area contributed by atoms with Gasteiger partial charge in [-0.3, -0.25) is 9.59 Å². The number of morpholine rings is 1. The van der Waals surface area contributed by atoms with Crippen molar-refractivity contribution in [3.8, 4) is 0 Å². The maximum absolute atomic E-state index is 14.1. The van der Waals surface area contributed by atoms with Crippen LogP contribution >= 0.6 is 0 Å². The van der Waals surface area contributed by atoms with Crippen LogP contribution in [0.15, 0.2) is 24.3 Å². The van der Waals surface area contributed by atoms with Gasteiger partial charge < -0.3 is 34.3 Å². The second-order valence-corrected chi connectivity index (χ2v) is 11.1. The molecule has 2 amide bonds. The Balaban J connectivity index is 1.54. The fraction of sp³-hybridized carbons (Fsp3) is 0.655. The number of Topliss-reactive ketones (excluding diaryl/α,β-unsaturated/α-hetero) is 1. The zero-order chi connectivity index (χ0) is 28.6. The highest BCUT2D eigenvalue weighted by atomic mass is 16.5. The summed E-state index contributed by atoms with van der Waals surface area (Å²) in [7, 11) is 1.70. The van der Waals surface area contributed by atoms with Crippen molar-refractivity contribution in [1.29, 1.82) is 0 Å². The van der Waals surface area contributed by atoms with E-state index in [0.717, 1.165) is 30.3 Å². The molecule has 220 valence electrons. The third kappa shape index (κ3) is 7.18. The number of nitrogens with one attached hydrogen (secondary N) is 1. The van der Waals surface area contributed by atoms with E-state index < -0.39 is 18.1 Å². The highest BCUT2D eigenvalue weighted by molar-refractivity contribution is 6.00. The number of hydrogen-bond acceptors (Lipinski definition) is 7. The summed E-state index contributed by atoms with van der Waals surface area (Å²) in [5.41, 5.74) is 1.70. The number of unbranched alkanes of at least 4 members (excludes halogenated alkanes) is 2. The van der Waals surface area contributed by atoms with E-state index in [2.05, 4.69) is 5.32 Å². The Kier molecular flexibility index (Phi) is 10.5. The maximum atomic E-state index is 14.1. The van der Waals surface area contributed by atoms with Gasteiger partial charge >= 0.3 is 6.09 Å². The van der Waals surface area contributed by atoms with Gasteiger partial charge in [-0.05, 0) is 43.7 Å². The number of rotatable bonds is 12. The minimum atomic E-state index is -1.06. The maximum Gasteiger partial charge on any atom is 0.407 e. The predicted molar refractivity (Wildman–Crippen MR) is 150 cm³/mol. The highest BCUT2D eigenvalue weighted by Crippen LogP contribution is 2.24. The van der Waals surface area contributed by atoms with Crippen molar-refractivity contribution < 1.29 is 29.0 Å². The van der Waals surface area contributed by atoms with Gasteiger partial charge in [-0.25, -0.2) is 9.78 Å². The van der Waals surface area contributed by atoms with Crippen LogP contribution in [0.3, 0.4) is 0 Å². The topological polar surface area (TPSA) is 126 Å². The summed E-state index contributed by atoms with van der Waals surface area (Å²) in [6, 6.07) is 6.84. The van der Waals surface area contributed by atoms with Crippen LogP contribution < -0.4 is 5.32 Å². The van der Waals surface area contributed by atoms with Crippen molar-refractivity contribution >= 4 is 28.8 Å². The number of likely N-dealkylation sites (tertiary alicyclic amines) is 1. The molecule has 2 N–H and O–H groups in total. The second-order valence-electron chi connectivity index (χ2n) is 11.1. The van der Waals surface area contributed by atoms with Gasteiger partial charge in [0.1, 0.15) is 0 Å². The lowest BCUT2D eigenvalue weighted by molar-refractivity contribution is -0.141. The first-order chi connectivity index (χ1) is 19.3. The van der Waals surface area contributed by atoms with Crippen molar-refractivity contribution in [3.05, 3.63) is 30.1 Å². The van der Waals surface area contributed by atoms with Gasteiger partial charge in [-0.2, -0.15) is 0 Å². The number of ether oxygens (including phenoxy) is 2. The van der Waals surface area contributed by atoms with Gasteiger partial charge in [0.15, 0.2) is 5.82 Å². The van der Waals surface area contributed by atoms with Crippen molar-refractivity contribution in [2.24, 2.45) is 11.8 Å². The lowest BCUT2D eigenvalue weighted by Crippen LogP contribution is -2.58. The predicted octanol–water partition coefficient (Wildman–Crippen LogP) is 2.88. The molecule has 2 aliphatic heterocycles. The number of imidazole rings is 1. The van der Waals surface area contributed by atoms with Gasteiger partial charge in [0.25, 0.3) is 0 Å². The number of para-hydroxylation sites is 2. The molecule has 11 nitrogen and oxygen atoms in total. The molecular formula is C29H43N5O6. The molecule has 4 rings (SSSR count). The summed E-state index contributed by atoms with van der Waals surface area (Å²) in [4.78, 5) is 47.2. The largest absolute Gasteiger partial charge is 0.465 e. The van der Waals surface area contributed by atoms with Gasteiger partial charge in [0.05, 0.1) is 36.2 Å². The summed E-state index contributed by atoms with van der Waals surface area (Å²) >= 11 is 0. The standard InChI is InChI=1S/C29H43N5O6/c1-20(2)25(26(35)27-31-23-9-5-6-10-24(23)34(27)11-7-4-8-14-39-3)30-22-17-21(18-33(19-22)29(37)38)28(36)32-12-15-40-16-13-32/h5-6,9-10,20-22,25,30H,4,7-8,11-19H2,1-3H3,(H,37,38)/t21-,22+,25?/m1/s1. The number of benzene rings is 1. The van der Waals surface area contributed by atoms with E-state index in [1.165, 1.54) is 4.90 Å². The van der Waals surface area contributed by atoms with E-state index >= 15 is 0 Å². The van der Waals surface area contributed by atoms with E-state index in [0.29, 0.717) is 51.7 Å². The molecule has 3 atom stereocenters. The molecule has 1 unspecified atom stereocenters. The fourth-order valence-corrected chi connectivity index (χ4v) is 5.74. The molecule has 0 saturated carbocycles. The van der Waals surface area contributed by atoms with Crippen LogP contribution in [-0.4, -0.2) is 107 Å². The van der Waals surface area contributed by atoms with Gasteiger partial charge in [0, 0.05) is 52.5 Å². The molecule has 3 heterocycles. The van der Waals surface area contributed by atoms with Crippen molar-refractivity contribution in [1.82, 2.24) is 24.7 Å². The number of carboxylic acid groups (broad SMARTS) is 1. The molecule has 2 fully saturated rings. The van der Waals surface area contributed by atoms with Crippen LogP contribution in [0.4, 0.5) is 4.79 Å². The molecule has 2 aliphatic rings. The highest BCUT2D eigenvalue weighted by Gasteiger charge is 2.39. The number of aryl methyl sites for hydroxylation is 1. The summed E-state index contributed by atoms with van der Waals surface area (Å²) in [6.07, 6.45) is 2.23. The van der Waals surface area contributed by atoms with Crippen LogP contribution in [0.2, 0.25) is 0 Å². The first kappa shape index (κ1) is 30.0. The Morgan fingerprint density at radius 3 is 2.55 bits per heavy atom. The average molecular weight is 558 g/mol. The first-order valence-corrected chi connectivity index (χ1v) is 14.4. The minimum absolute atomic E-state index is 0.0521. The summed E-state index contributed by atoms with van der Waals surface area (Å²) in [5, 5.41) is 13.3. The summed E-state index contributed by atoms with van der Waals surface area (Å²) < 4.78 is 12.6. The molecule has 1 aromatic carbocycles. The Morgan fingerprint density at radius 1 is 1.10 bits per heavy atom. The number of carbonyl (C=O) groups excluding carboxylic acids is 2. The molecule has 0 aliphatic carbocycles. The number of amides is 2. The first-order valence-electron chi connectivity index (χ1n) is 14.4. The fourth-order valence-electron chi connectivity index (χ4n) is 5.74. The van der Waals surface area contributed by atoms with E-state index in [-0.39, 0.29) is 36.7 Å². The third-order valence-corrected chi connectivity index (χ3v) is 7.86. The number of hydrogen-bond donors (Lipinski definition) is 2. The van der Waals surface area contributed by atoms with Crippen LogP contribution in [0.25, 0.3) is 11.0 Å². The molecule has 2 saturated heterocycles. The Labute approximate surface area is 235 Å². The lowest BCUT2D eigenvalue weighted by atomic mass is 9.90. The van der Waals surface area contributed by atoms with Gasteiger partial charge in [0.2, 0.25) is 11.7 Å². The number of piperidine rings is 1. The van der Waals surface area contributed by atoms with Crippen LogP contribution in [0.1, 0.15) is 50.1 Å². The minimum Gasteiger partial charge on any atom is -0.465 e. The third-order valence-electron chi connectivity index (χ3n) is 7.86. The van der Waals surface area contributed by atoms with Crippen LogP contribution in [0, 0.1) is 11.8 Å². The Hall–Kier alpha value is -3.02. The van der Waals surface area contributed by atoms with E-state index in [9.17, 15) is 19.5 Å². The molecule has 1 aromatic heterocycles. The normalized spacial score (nSPS) is 20.7. The van der Waals surface area contributed by atoms with Crippen LogP contribution in [-0.2, 0) is 20.8 Å².